The number of carboxylic acid groups (broad SMARTS) is 1. The zero-order valence-electron chi connectivity index (χ0n) is 22.8. The summed E-state index contributed by atoms with van der Waals surface area (Å²) in [4.78, 5) is 21.8. The molecule has 6 rings (SSSR count). The van der Waals surface area contributed by atoms with E-state index in [2.05, 4.69) is 37.7 Å². The van der Waals surface area contributed by atoms with Crippen molar-refractivity contribution in [3.05, 3.63) is 102 Å². The van der Waals surface area contributed by atoms with Crippen LogP contribution in [0.15, 0.2) is 90.2 Å². The molecule has 1 saturated heterocycles. The maximum absolute atomic E-state index is 12.9. The smallest absolute Gasteiger partial charge is 0.475 e. The number of rotatable bonds is 7. The molecule has 1 fully saturated rings. The van der Waals surface area contributed by atoms with Crippen LogP contribution >= 0.6 is 0 Å². The topological polar surface area (TPSA) is 121 Å². The molecule has 0 atom stereocenters. The first-order valence-electron chi connectivity index (χ1n) is 13.4. The van der Waals surface area contributed by atoms with Gasteiger partial charge in [0, 0.05) is 49.2 Å². The molecule has 9 nitrogen and oxygen atoms in total. The van der Waals surface area contributed by atoms with Gasteiger partial charge >= 0.3 is 12.1 Å². The second-order valence-electron chi connectivity index (χ2n) is 9.99. The van der Waals surface area contributed by atoms with Gasteiger partial charge in [0.2, 0.25) is 10.0 Å². The first kappa shape index (κ1) is 30.0. The summed E-state index contributed by atoms with van der Waals surface area (Å²) in [5.74, 6) is -1.75. The number of sulfonamides is 1. The third kappa shape index (κ3) is 6.95. The van der Waals surface area contributed by atoms with Gasteiger partial charge in [-0.05, 0) is 53.8 Å². The molecule has 0 radical (unpaired) electrons. The number of H-pyrrole nitrogens is 1. The zero-order chi connectivity index (χ0) is 30.6. The fourth-order valence-electron chi connectivity index (χ4n) is 4.92. The van der Waals surface area contributed by atoms with Crippen LogP contribution in [0.5, 0.6) is 0 Å². The van der Waals surface area contributed by atoms with Gasteiger partial charge in [-0.15, -0.1) is 0 Å². The third-order valence-corrected chi connectivity index (χ3v) is 8.96. The lowest BCUT2D eigenvalue weighted by atomic mass is 10.0. The number of aromatic nitrogens is 4. The molecule has 5 aromatic rings. The van der Waals surface area contributed by atoms with Crippen molar-refractivity contribution in [2.45, 2.75) is 36.9 Å². The lowest BCUT2D eigenvalue weighted by Gasteiger charge is -2.15. The number of carboxylic acids is 1. The third-order valence-electron chi connectivity index (χ3n) is 7.05. The van der Waals surface area contributed by atoms with Gasteiger partial charge in [-0.3, -0.25) is 0 Å². The van der Waals surface area contributed by atoms with Gasteiger partial charge in [-0.25, -0.2) is 23.2 Å². The number of imidazole rings is 1. The van der Waals surface area contributed by atoms with Crippen molar-refractivity contribution in [2.75, 3.05) is 13.1 Å². The van der Waals surface area contributed by atoms with Gasteiger partial charge < -0.3 is 14.7 Å². The number of aromatic amines is 1. The Morgan fingerprint density at radius 1 is 0.953 bits per heavy atom. The summed E-state index contributed by atoms with van der Waals surface area (Å²) in [6.45, 7) is 1.86. The second kappa shape index (κ2) is 12.4. The van der Waals surface area contributed by atoms with Gasteiger partial charge in [0.1, 0.15) is 11.5 Å². The molecule has 43 heavy (non-hydrogen) atoms. The van der Waals surface area contributed by atoms with Crippen LogP contribution < -0.4 is 0 Å². The van der Waals surface area contributed by atoms with Crippen LogP contribution in [0.25, 0.3) is 22.2 Å². The molecule has 0 amide bonds. The van der Waals surface area contributed by atoms with Crippen LogP contribution in [0, 0.1) is 0 Å². The molecule has 2 N–H and O–H groups in total. The lowest BCUT2D eigenvalue weighted by molar-refractivity contribution is -0.192. The Hall–Kier alpha value is -4.49. The number of benzene rings is 2. The molecular weight excluding hydrogens is 583 g/mol. The Labute approximate surface area is 245 Å². The fraction of sp³-hybridized carbons (Fsp3) is 0.233. The van der Waals surface area contributed by atoms with Crippen molar-refractivity contribution in [1.29, 1.82) is 0 Å². The van der Waals surface area contributed by atoms with E-state index < -0.39 is 22.2 Å². The summed E-state index contributed by atoms with van der Waals surface area (Å²) in [5, 5.41) is 8.13. The van der Waals surface area contributed by atoms with E-state index in [1.807, 2.05) is 48.8 Å². The van der Waals surface area contributed by atoms with Crippen LogP contribution in [0.3, 0.4) is 0 Å². The summed E-state index contributed by atoms with van der Waals surface area (Å²) in [6.07, 6.45) is 3.15. The summed E-state index contributed by atoms with van der Waals surface area (Å²) in [5.41, 5.74) is 5.04. The number of nitrogens with one attached hydrogen (secondary N) is 1. The van der Waals surface area contributed by atoms with Crippen LogP contribution in [0.4, 0.5) is 13.2 Å². The first-order chi connectivity index (χ1) is 20.5. The molecule has 2 aromatic carbocycles. The molecule has 224 valence electrons. The molecule has 4 heterocycles. The number of hydrogen-bond donors (Lipinski definition) is 2. The number of carbonyl (C=O) groups is 1. The molecule has 1 aliphatic rings. The predicted octanol–water partition coefficient (Wildman–Crippen LogP) is 5.48. The number of hydrogen-bond acceptors (Lipinski definition) is 5. The molecule has 0 aliphatic carbocycles. The van der Waals surface area contributed by atoms with Gasteiger partial charge in [0.25, 0.3) is 0 Å². The molecule has 0 spiro atoms. The minimum Gasteiger partial charge on any atom is -0.475 e. The van der Waals surface area contributed by atoms with Crippen LogP contribution in [0.1, 0.15) is 29.9 Å². The van der Waals surface area contributed by atoms with Gasteiger partial charge in [0.15, 0.2) is 0 Å². The highest BCUT2D eigenvalue weighted by Gasteiger charge is 2.38. The molecule has 0 bridgehead atoms. The van der Waals surface area contributed by atoms with Crippen molar-refractivity contribution in [1.82, 2.24) is 23.8 Å². The normalized spacial score (nSPS) is 14.0. The van der Waals surface area contributed by atoms with Gasteiger partial charge in [-0.1, -0.05) is 42.5 Å². The van der Waals surface area contributed by atoms with Crippen molar-refractivity contribution in [3.8, 4) is 11.1 Å². The highest BCUT2D eigenvalue weighted by Crippen LogP contribution is 2.30. The summed E-state index contributed by atoms with van der Waals surface area (Å²) >= 11 is 0. The average molecular weight is 612 g/mol. The molecule has 13 heteroatoms. The molecular formula is C30H28F3N5O4S. The van der Waals surface area contributed by atoms with Crippen molar-refractivity contribution in [2.24, 2.45) is 0 Å². The maximum Gasteiger partial charge on any atom is 0.490 e. The van der Waals surface area contributed by atoms with Crippen molar-refractivity contribution >= 4 is 27.0 Å². The zero-order valence-corrected chi connectivity index (χ0v) is 23.6. The standard InChI is InChI=1S/C28H27N5O2S.C2HF3O2/c34-36(35,33-15-4-5-16-33)24-10-8-22(9-11-24)25-12-13-30-28-26(25)19-23(31-28)20-32-17-14-29-27(32)18-21-6-2-1-3-7-21;3-2(4,5)1(6)7/h1-3,6-14,17,19H,4-5,15-16,18,20H2,(H,30,31);(H,6,7). The number of halogens is 3. The molecule has 1 aliphatic heterocycles. The summed E-state index contributed by atoms with van der Waals surface area (Å²) < 4.78 is 61.3. The first-order valence-corrected chi connectivity index (χ1v) is 14.9. The van der Waals surface area contributed by atoms with Crippen molar-refractivity contribution < 1.29 is 31.5 Å². The lowest BCUT2D eigenvalue weighted by Crippen LogP contribution is -2.27. The molecule has 0 saturated carbocycles. The average Bonchev–Trinajstić information content (AvgIpc) is 3.76. The van der Waals surface area contributed by atoms with Crippen LogP contribution in [0.2, 0.25) is 0 Å². The number of pyridine rings is 1. The monoisotopic (exact) mass is 611 g/mol. The van der Waals surface area contributed by atoms with E-state index in [4.69, 9.17) is 9.90 Å². The van der Waals surface area contributed by atoms with Crippen molar-refractivity contribution in [3.63, 3.8) is 0 Å². The fourth-order valence-corrected chi connectivity index (χ4v) is 6.43. The van der Waals surface area contributed by atoms with E-state index in [-0.39, 0.29) is 0 Å². The maximum atomic E-state index is 12.9. The minimum atomic E-state index is -5.08. The van der Waals surface area contributed by atoms with E-state index >= 15 is 0 Å². The van der Waals surface area contributed by atoms with Gasteiger partial charge in [-0.2, -0.15) is 17.5 Å². The van der Waals surface area contributed by atoms with E-state index in [0.29, 0.717) is 24.5 Å². The Morgan fingerprint density at radius 3 is 2.28 bits per heavy atom. The Morgan fingerprint density at radius 2 is 1.63 bits per heavy atom. The number of fused-ring (bicyclic) bond motifs is 1. The number of alkyl halides is 3. The summed E-state index contributed by atoms with van der Waals surface area (Å²) in [6, 6.07) is 21.6. The highest BCUT2D eigenvalue weighted by atomic mass is 32.2. The summed E-state index contributed by atoms with van der Waals surface area (Å²) in [7, 11) is -3.43. The second-order valence-corrected chi connectivity index (χ2v) is 11.9. The number of aliphatic carboxylic acids is 1. The largest absolute Gasteiger partial charge is 0.490 e. The Bertz CT molecular complexity index is 1810. The van der Waals surface area contributed by atoms with E-state index in [1.54, 1.807) is 22.6 Å². The van der Waals surface area contributed by atoms with Gasteiger partial charge in [0.05, 0.1) is 11.4 Å². The Kier molecular flexibility index (Phi) is 8.64. The van der Waals surface area contributed by atoms with Crippen LogP contribution in [-0.4, -0.2) is 62.6 Å². The van der Waals surface area contributed by atoms with E-state index in [9.17, 15) is 21.6 Å². The predicted molar refractivity (Wildman–Crippen MR) is 154 cm³/mol. The van der Waals surface area contributed by atoms with E-state index in [1.165, 1.54) is 5.56 Å². The number of nitrogens with zero attached hydrogens (tertiary/aromatic N) is 4. The SMILES string of the molecule is O=C(O)C(F)(F)F.O=S(=O)(c1ccc(-c2ccnc3[nH]c(Cn4ccnc4Cc4ccccc4)cc23)cc1)N1CCCC1. The quantitative estimate of drug-likeness (QED) is 0.251. The Balaban J connectivity index is 0.000000472. The molecule has 0 unspecified atom stereocenters. The van der Waals surface area contributed by atoms with E-state index in [0.717, 1.165) is 52.9 Å². The minimum absolute atomic E-state index is 0.347. The molecule has 3 aromatic heterocycles. The highest BCUT2D eigenvalue weighted by molar-refractivity contribution is 7.89. The van der Waals surface area contributed by atoms with Crippen LogP contribution in [-0.2, 0) is 27.8 Å².